The summed E-state index contributed by atoms with van der Waals surface area (Å²) in [5.41, 5.74) is 0.0505. The Labute approximate surface area is 170 Å². The molecule has 2 unspecified atom stereocenters. The van der Waals surface area contributed by atoms with E-state index in [0.717, 1.165) is 44.6 Å². The van der Waals surface area contributed by atoms with Gasteiger partial charge in [0, 0.05) is 31.2 Å². The molecule has 0 spiro atoms. The van der Waals surface area contributed by atoms with E-state index in [0.29, 0.717) is 19.1 Å². The average Bonchev–Trinajstić information content (AvgIpc) is 2.48. The molecule has 9 heteroatoms. The molecule has 1 rings (SSSR count). The van der Waals surface area contributed by atoms with E-state index in [1.165, 1.54) is 0 Å². The van der Waals surface area contributed by atoms with Gasteiger partial charge in [-0.15, -0.1) is 24.0 Å². The number of rotatable bonds is 10. The molecule has 7 nitrogen and oxygen atoms in total. The van der Waals surface area contributed by atoms with E-state index >= 15 is 0 Å². The summed E-state index contributed by atoms with van der Waals surface area (Å²) in [6, 6.07) is 0.296. The SMILES string of the molecule is CCCCOC1CC(NC(=NCCNS(C)(=O)=O)NCC)C1(C)C.I. The third-order valence-electron chi connectivity index (χ3n) is 4.40. The lowest BCUT2D eigenvalue weighted by molar-refractivity contribution is -0.113. The van der Waals surface area contributed by atoms with E-state index in [4.69, 9.17) is 4.74 Å². The Morgan fingerprint density at radius 1 is 1.32 bits per heavy atom. The summed E-state index contributed by atoms with van der Waals surface area (Å²) < 4.78 is 30.5. The van der Waals surface area contributed by atoms with Gasteiger partial charge in [0.15, 0.2) is 5.96 Å². The number of sulfonamides is 1. The van der Waals surface area contributed by atoms with Crippen LogP contribution in [0.5, 0.6) is 0 Å². The molecule has 1 aliphatic carbocycles. The van der Waals surface area contributed by atoms with Crippen molar-refractivity contribution in [1.82, 2.24) is 15.4 Å². The van der Waals surface area contributed by atoms with Crippen LogP contribution in [0.1, 0.15) is 47.0 Å². The fourth-order valence-corrected chi connectivity index (χ4v) is 3.13. The van der Waals surface area contributed by atoms with E-state index in [9.17, 15) is 8.42 Å². The molecule has 0 aromatic heterocycles. The number of ether oxygens (including phenoxy) is 1. The second-order valence-electron chi connectivity index (χ2n) is 6.89. The number of hydrogen-bond acceptors (Lipinski definition) is 4. The highest BCUT2D eigenvalue weighted by molar-refractivity contribution is 14.0. The molecule has 0 aliphatic heterocycles. The molecule has 25 heavy (non-hydrogen) atoms. The first-order valence-corrected chi connectivity index (χ1v) is 10.7. The van der Waals surface area contributed by atoms with Gasteiger partial charge in [-0.2, -0.15) is 0 Å². The third kappa shape index (κ3) is 8.87. The average molecular weight is 490 g/mol. The van der Waals surface area contributed by atoms with Crippen molar-refractivity contribution in [2.45, 2.75) is 59.1 Å². The second kappa shape index (κ2) is 11.6. The first kappa shape index (κ1) is 24.9. The molecule has 0 amide bonds. The van der Waals surface area contributed by atoms with Crippen molar-refractivity contribution in [2.75, 3.05) is 32.5 Å². The number of nitrogens with one attached hydrogen (secondary N) is 3. The summed E-state index contributed by atoms with van der Waals surface area (Å²) in [6.07, 6.45) is 4.63. The maximum atomic E-state index is 11.1. The normalized spacial score (nSPS) is 22.7. The Morgan fingerprint density at radius 3 is 2.52 bits per heavy atom. The molecule has 3 N–H and O–H groups in total. The number of aliphatic imine (C=N–C) groups is 1. The summed E-state index contributed by atoms with van der Waals surface area (Å²) in [6.45, 7) is 10.9. The minimum Gasteiger partial charge on any atom is -0.378 e. The summed E-state index contributed by atoms with van der Waals surface area (Å²) in [4.78, 5) is 4.43. The van der Waals surface area contributed by atoms with E-state index in [2.05, 4.69) is 41.1 Å². The van der Waals surface area contributed by atoms with Crippen LogP contribution < -0.4 is 15.4 Å². The van der Waals surface area contributed by atoms with E-state index in [1.54, 1.807) is 0 Å². The van der Waals surface area contributed by atoms with Crippen molar-refractivity contribution in [2.24, 2.45) is 10.4 Å². The van der Waals surface area contributed by atoms with Crippen LogP contribution in [-0.2, 0) is 14.8 Å². The molecule has 0 bridgehead atoms. The number of nitrogens with zero attached hydrogens (tertiary/aromatic N) is 1. The number of guanidine groups is 1. The Morgan fingerprint density at radius 2 is 2.00 bits per heavy atom. The molecule has 1 aliphatic rings. The quantitative estimate of drug-likeness (QED) is 0.188. The van der Waals surface area contributed by atoms with Crippen molar-refractivity contribution >= 4 is 40.0 Å². The highest BCUT2D eigenvalue weighted by Gasteiger charge is 2.49. The topological polar surface area (TPSA) is 91.8 Å². The fourth-order valence-electron chi connectivity index (χ4n) is 2.67. The molecule has 0 aromatic carbocycles. The smallest absolute Gasteiger partial charge is 0.208 e. The summed E-state index contributed by atoms with van der Waals surface area (Å²) in [5.74, 6) is 0.720. The molecule has 2 atom stereocenters. The van der Waals surface area contributed by atoms with Crippen molar-refractivity contribution in [1.29, 1.82) is 0 Å². The lowest BCUT2D eigenvalue weighted by Gasteiger charge is -2.52. The van der Waals surface area contributed by atoms with Crippen LogP contribution in [0.4, 0.5) is 0 Å². The van der Waals surface area contributed by atoms with E-state index in [1.807, 2.05) is 6.92 Å². The van der Waals surface area contributed by atoms with E-state index in [-0.39, 0.29) is 35.5 Å². The van der Waals surface area contributed by atoms with Crippen molar-refractivity contribution in [3.05, 3.63) is 0 Å². The highest BCUT2D eigenvalue weighted by atomic mass is 127. The van der Waals surface area contributed by atoms with E-state index < -0.39 is 10.0 Å². The highest BCUT2D eigenvalue weighted by Crippen LogP contribution is 2.42. The Bertz CT molecular complexity index is 512. The monoisotopic (exact) mass is 490 g/mol. The maximum absolute atomic E-state index is 11.1. The molecular formula is C16H35IN4O3S. The predicted octanol–water partition coefficient (Wildman–Crippen LogP) is 1.69. The van der Waals surface area contributed by atoms with Gasteiger partial charge in [0.25, 0.3) is 0 Å². The number of halogens is 1. The van der Waals surface area contributed by atoms with Gasteiger partial charge >= 0.3 is 0 Å². The van der Waals surface area contributed by atoms with Gasteiger partial charge in [-0.25, -0.2) is 13.1 Å². The van der Waals surface area contributed by atoms with Crippen LogP contribution in [0.3, 0.4) is 0 Å². The predicted molar refractivity (Wildman–Crippen MR) is 114 cm³/mol. The van der Waals surface area contributed by atoms with Gasteiger partial charge in [-0.05, 0) is 19.8 Å². The van der Waals surface area contributed by atoms with Crippen molar-refractivity contribution < 1.29 is 13.2 Å². The molecule has 1 saturated carbocycles. The van der Waals surface area contributed by atoms with Gasteiger partial charge in [0.2, 0.25) is 10.0 Å². The minimum absolute atomic E-state index is 0. The Kier molecular flexibility index (Phi) is 11.5. The van der Waals surface area contributed by atoms with Gasteiger partial charge in [-0.1, -0.05) is 27.2 Å². The largest absolute Gasteiger partial charge is 0.378 e. The summed E-state index contributed by atoms with van der Waals surface area (Å²) in [7, 11) is -3.16. The zero-order chi connectivity index (χ0) is 18.2. The zero-order valence-corrected chi connectivity index (χ0v) is 19.2. The van der Waals surface area contributed by atoms with Crippen LogP contribution in [0, 0.1) is 5.41 Å². The molecular weight excluding hydrogens is 455 g/mol. The van der Waals surface area contributed by atoms with Crippen LogP contribution in [-0.4, -0.2) is 59.0 Å². The van der Waals surface area contributed by atoms with Crippen LogP contribution in [0.2, 0.25) is 0 Å². The molecule has 0 radical (unpaired) electrons. The van der Waals surface area contributed by atoms with Crippen molar-refractivity contribution in [3.63, 3.8) is 0 Å². The van der Waals surface area contributed by atoms with Gasteiger partial charge in [-0.3, -0.25) is 4.99 Å². The molecule has 0 aromatic rings. The summed E-state index contributed by atoms with van der Waals surface area (Å²) >= 11 is 0. The van der Waals surface area contributed by atoms with Gasteiger partial charge < -0.3 is 15.4 Å². The minimum atomic E-state index is -3.16. The first-order valence-electron chi connectivity index (χ1n) is 8.81. The molecule has 150 valence electrons. The van der Waals surface area contributed by atoms with Gasteiger partial charge in [0.05, 0.1) is 18.9 Å². The standard InChI is InChI=1S/C16H34N4O3S.HI/c1-6-8-11-23-14-12-13(16(14,3)4)20-15(17-7-2)18-9-10-19-24(5,21)22;/h13-14,19H,6-12H2,1-5H3,(H2,17,18,20);1H. The lowest BCUT2D eigenvalue weighted by Crippen LogP contribution is -2.63. The summed E-state index contributed by atoms with van der Waals surface area (Å²) in [5, 5.41) is 6.65. The van der Waals surface area contributed by atoms with Gasteiger partial charge in [0.1, 0.15) is 0 Å². The molecule has 1 fully saturated rings. The number of unbranched alkanes of at least 4 members (excludes halogenated alkanes) is 1. The fraction of sp³-hybridized carbons (Fsp3) is 0.938. The third-order valence-corrected chi connectivity index (χ3v) is 5.12. The molecule has 0 heterocycles. The lowest BCUT2D eigenvalue weighted by atomic mass is 9.64. The van der Waals surface area contributed by atoms with Crippen LogP contribution in [0.15, 0.2) is 4.99 Å². The zero-order valence-electron chi connectivity index (χ0n) is 16.1. The molecule has 0 saturated heterocycles. The van der Waals surface area contributed by atoms with Crippen molar-refractivity contribution in [3.8, 4) is 0 Å². The number of hydrogen-bond donors (Lipinski definition) is 3. The first-order chi connectivity index (χ1) is 11.2. The maximum Gasteiger partial charge on any atom is 0.208 e. The van der Waals surface area contributed by atoms with Crippen LogP contribution >= 0.6 is 24.0 Å². The Hall–Kier alpha value is -0.130. The Balaban J connectivity index is 0.00000576. The second-order valence-corrected chi connectivity index (χ2v) is 8.73. The van der Waals surface area contributed by atoms with Crippen LogP contribution in [0.25, 0.3) is 0 Å².